The van der Waals surface area contributed by atoms with E-state index in [0.717, 1.165) is 0 Å². The van der Waals surface area contributed by atoms with E-state index in [1.807, 2.05) is 0 Å². The molecule has 37 heavy (non-hydrogen) atoms. The minimum atomic E-state index is -1.26. The Kier molecular flexibility index (Phi) is 13.5. The topological polar surface area (TPSA) is 202 Å². The molecule has 13 heteroatoms. The number of aliphatic hydroxyl groups is 4. The van der Waals surface area contributed by atoms with E-state index in [1.165, 1.54) is 34.1 Å². The number of carboxylic acid groups (broad SMARTS) is 2. The van der Waals surface area contributed by atoms with Gasteiger partial charge in [-0.1, -0.05) is 36.4 Å². The molecule has 8 N–H and O–H groups in total. The fourth-order valence-electron chi connectivity index (χ4n) is 4.13. The van der Waals surface area contributed by atoms with E-state index in [1.54, 1.807) is 12.1 Å². The molecule has 2 atom stereocenters. The number of nitrogens with zero attached hydrogens (tertiary/aromatic N) is 2. The normalized spacial score (nSPS) is 12.8. The monoisotopic (exact) mass is 564 g/mol. The van der Waals surface area contributed by atoms with Gasteiger partial charge < -0.3 is 40.9 Å². The molecule has 0 bridgehead atoms. The minimum Gasteiger partial charge on any atom is -0.507 e. The molecular weight excluding hydrogens is 532 g/mol. The van der Waals surface area contributed by atoms with Crippen molar-refractivity contribution in [3.8, 4) is 11.5 Å². The van der Waals surface area contributed by atoms with E-state index in [4.69, 9.17) is 0 Å². The van der Waals surface area contributed by atoms with Crippen LogP contribution in [0.4, 0.5) is 0 Å². The van der Waals surface area contributed by atoms with Crippen LogP contribution in [0.15, 0.2) is 36.4 Å². The third-order valence-corrected chi connectivity index (χ3v) is 5.93. The number of phenols is 2. The number of aliphatic carboxylic acids is 2. The summed E-state index contributed by atoms with van der Waals surface area (Å²) < 4.78 is 0. The van der Waals surface area contributed by atoms with E-state index in [2.05, 4.69) is 0 Å². The Hall–Kier alpha value is -2.74. The van der Waals surface area contributed by atoms with Crippen LogP contribution in [0.2, 0.25) is 0 Å². The Morgan fingerprint density at radius 2 is 0.973 bits per heavy atom. The van der Waals surface area contributed by atoms with Gasteiger partial charge in [0, 0.05) is 35.3 Å². The fourth-order valence-corrected chi connectivity index (χ4v) is 4.13. The number of aliphatic hydroxyl groups excluding tert-OH is 4. The van der Waals surface area contributed by atoms with Crippen LogP contribution < -0.4 is 0 Å². The molecule has 12 nitrogen and oxygen atoms in total. The van der Waals surface area contributed by atoms with Gasteiger partial charge in [-0.3, -0.25) is 19.4 Å². The zero-order valence-electron chi connectivity index (χ0n) is 19.9. The van der Waals surface area contributed by atoms with Crippen molar-refractivity contribution in [3.63, 3.8) is 0 Å². The number of para-hydroxylation sites is 2. The molecule has 0 aliphatic rings. The number of aromatic hydroxyl groups is 2. The summed E-state index contributed by atoms with van der Waals surface area (Å²) in [5, 5.41) is 79.2. The summed E-state index contributed by atoms with van der Waals surface area (Å²) in [4.78, 5) is 25.8. The van der Waals surface area contributed by atoms with Crippen LogP contribution in [-0.2, 0) is 53.0 Å². The second kappa shape index (κ2) is 15.5. The first-order valence-electron chi connectivity index (χ1n) is 11.1. The zero-order chi connectivity index (χ0) is 26.8. The summed E-state index contributed by atoms with van der Waals surface area (Å²) in [7, 11) is 0. The van der Waals surface area contributed by atoms with E-state index >= 15 is 0 Å². The van der Waals surface area contributed by atoms with Gasteiger partial charge in [-0.15, -0.1) is 0 Å². The first-order valence-corrected chi connectivity index (χ1v) is 11.1. The molecule has 0 aliphatic carbocycles. The third kappa shape index (κ3) is 8.66. The third-order valence-electron chi connectivity index (χ3n) is 5.93. The number of hydrogen-bond acceptors (Lipinski definition) is 10. The smallest absolute Gasteiger partial charge is 0.507 e. The second-order valence-electron chi connectivity index (χ2n) is 8.26. The maximum absolute atomic E-state index is 11.6. The van der Waals surface area contributed by atoms with E-state index in [9.17, 15) is 50.4 Å². The molecule has 2 aromatic carbocycles. The van der Waals surface area contributed by atoms with Crippen LogP contribution in [0.25, 0.3) is 0 Å². The molecule has 0 amide bonds. The Bertz CT molecular complexity index is 957. The standard InChI is InChI=1S/C24H32N2O10.Fe/c27-11-17-5-1-3-15(23(17)35)7-25(9-21(31)32)19(13-29)20(14-30)26(10-22(33)34)8-16-4-2-6-18(12-28)24(16)36;/h1-6,19-20,27-30,35-36H,7-14H2,(H,31,32)(H,33,34);/q;+2/t19-,20?;/m1./s1. The number of carbonyl (C=O) groups is 2. The van der Waals surface area contributed by atoms with Crippen molar-refractivity contribution in [2.75, 3.05) is 26.3 Å². The fraction of sp³-hybridized carbons (Fsp3) is 0.417. The molecule has 2 aromatic rings. The summed E-state index contributed by atoms with van der Waals surface area (Å²) in [6.07, 6.45) is 0. The largest absolute Gasteiger partial charge is 2.00 e. The molecule has 1 unspecified atom stereocenters. The van der Waals surface area contributed by atoms with E-state index in [-0.39, 0.29) is 63.9 Å². The maximum Gasteiger partial charge on any atom is 2.00 e. The Morgan fingerprint density at radius 1 is 0.649 bits per heavy atom. The number of rotatable bonds is 15. The molecule has 0 spiro atoms. The number of carboxylic acids is 2. The van der Waals surface area contributed by atoms with Crippen molar-refractivity contribution in [1.82, 2.24) is 9.80 Å². The molecule has 0 fully saturated rings. The van der Waals surface area contributed by atoms with Gasteiger partial charge in [-0.2, -0.15) is 0 Å². The van der Waals surface area contributed by atoms with Gasteiger partial charge in [0.2, 0.25) is 0 Å². The van der Waals surface area contributed by atoms with Crippen molar-refractivity contribution in [2.45, 2.75) is 38.4 Å². The molecule has 0 aliphatic heterocycles. The van der Waals surface area contributed by atoms with Gasteiger partial charge in [-0.25, -0.2) is 0 Å². The summed E-state index contributed by atoms with van der Waals surface area (Å²) >= 11 is 0. The van der Waals surface area contributed by atoms with Gasteiger partial charge in [0.1, 0.15) is 11.5 Å². The number of benzene rings is 2. The van der Waals surface area contributed by atoms with Crippen LogP contribution in [0.1, 0.15) is 22.3 Å². The van der Waals surface area contributed by atoms with Crippen LogP contribution in [0, 0.1) is 0 Å². The SMILES string of the molecule is O=C(O)CN(Cc1cccc(CO)c1O)C(CO)[C@@H](CO)N(CC(=O)O)Cc1cccc(CO)c1O.[Fe+2]. The van der Waals surface area contributed by atoms with Crippen molar-refractivity contribution in [3.05, 3.63) is 58.7 Å². The molecule has 0 radical (unpaired) electrons. The first-order chi connectivity index (χ1) is 17.2. The van der Waals surface area contributed by atoms with Crippen molar-refractivity contribution in [2.24, 2.45) is 0 Å². The minimum absolute atomic E-state index is 0. The van der Waals surface area contributed by atoms with Gasteiger partial charge in [0.15, 0.2) is 0 Å². The molecule has 204 valence electrons. The summed E-state index contributed by atoms with van der Waals surface area (Å²) in [5.41, 5.74) is 0.953. The van der Waals surface area contributed by atoms with Crippen LogP contribution in [0.5, 0.6) is 11.5 Å². The van der Waals surface area contributed by atoms with Gasteiger partial charge in [0.05, 0.1) is 51.6 Å². The van der Waals surface area contributed by atoms with Crippen LogP contribution in [0.3, 0.4) is 0 Å². The second-order valence-corrected chi connectivity index (χ2v) is 8.26. The van der Waals surface area contributed by atoms with Crippen molar-refractivity contribution in [1.29, 1.82) is 0 Å². The van der Waals surface area contributed by atoms with Crippen molar-refractivity contribution < 1.29 is 67.5 Å². The van der Waals surface area contributed by atoms with Gasteiger partial charge in [-0.05, 0) is 0 Å². The maximum atomic E-state index is 11.6. The molecule has 0 saturated carbocycles. The Morgan fingerprint density at radius 3 is 1.24 bits per heavy atom. The summed E-state index contributed by atoms with van der Waals surface area (Å²) in [6.45, 7) is -3.86. The Balaban J connectivity index is 0.00000684. The quantitative estimate of drug-likeness (QED) is 0.126. The predicted octanol–water partition coefficient (Wildman–Crippen LogP) is -0.725. The first kappa shape index (κ1) is 32.3. The van der Waals surface area contributed by atoms with Crippen molar-refractivity contribution >= 4 is 11.9 Å². The molecular formula is C24H32FeN2O10+2. The Labute approximate surface area is 224 Å². The average Bonchev–Trinajstić information content (AvgIpc) is 2.83. The summed E-state index contributed by atoms with van der Waals surface area (Å²) in [5.74, 6) is -3.02. The number of hydrogen-bond donors (Lipinski definition) is 8. The molecule has 0 heterocycles. The van der Waals surface area contributed by atoms with Gasteiger partial charge in [0.25, 0.3) is 0 Å². The average molecular weight is 564 g/mol. The zero-order valence-corrected chi connectivity index (χ0v) is 21.0. The van der Waals surface area contributed by atoms with Crippen LogP contribution >= 0.6 is 0 Å². The molecule has 0 saturated heterocycles. The van der Waals surface area contributed by atoms with Crippen LogP contribution in [-0.4, -0.2) is 101 Å². The van der Waals surface area contributed by atoms with E-state index < -0.39 is 63.5 Å². The molecule has 2 rings (SSSR count). The van der Waals surface area contributed by atoms with E-state index in [0.29, 0.717) is 0 Å². The molecule has 0 aromatic heterocycles. The summed E-state index contributed by atoms with van der Waals surface area (Å²) in [6, 6.07) is 6.91. The van der Waals surface area contributed by atoms with Gasteiger partial charge >= 0.3 is 29.0 Å². The predicted molar refractivity (Wildman–Crippen MR) is 126 cm³/mol.